The van der Waals surface area contributed by atoms with Gasteiger partial charge in [0.1, 0.15) is 12.1 Å². The van der Waals surface area contributed by atoms with Crippen LogP contribution in [0.15, 0.2) is 24.5 Å². The summed E-state index contributed by atoms with van der Waals surface area (Å²) in [7, 11) is 0. The molecule has 0 radical (unpaired) electrons. The Morgan fingerprint density at radius 1 is 1.15 bits per heavy atom. The Morgan fingerprint density at radius 3 is 2.75 bits per heavy atom. The van der Waals surface area contributed by atoms with Gasteiger partial charge in [-0.1, -0.05) is 17.7 Å². The van der Waals surface area contributed by atoms with Gasteiger partial charge in [0.15, 0.2) is 0 Å². The molecule has 1 N–H and O–H groups in total. The molecule has 0 saturated carbocycles. The summed E-state index contributed by atoms with van der Waals surface area (Å²) in [5, 5.41) is 8.33. The van der Waals surface area contributed by atoms with E-state index < -0.39 is 0 Å². The first-order chi connectivity index (χ1) is 9.58. The quantitative estimate of drug-likeness (QED) is 0.784. The predicted molar refractivity (Wildman–Crippen MR) is 79.7 cm³/mol. The molecule has 0 fully saturated rings. The predicted octanol–water partition coefficient (Wildman–Crippen LogP) is 3.45. The van der Waals surface area contributed by atoms with Crippen LogP contribution in [0.1, 0.15) is 16.8 Å². The number of anilines is 2. The van der Waals surface area contributed by atoms with E-state index in [1.807, 2.05) is 39.0 Å². The van der Waals surface area contributed by atoms with Crippen LogP contribution in [0.3, 0.4) is 0 Å². The Kier molecular flexibility index (Phi) is 3.06. The van der Waals surface area contributed by atoms with Crippen molar-refractivity contribution in [3.05, 3.63) is 46.4 Å². The average Bonchev–Trinajstić information content (AvgIpc) is 2.87. The molecule has 20 heavy (non-hydrogen) atoms. The highest BCUT2D eigenvalue weighted by molar-refractivity contribution is 6.31. The van der Waals surface area contributed by atoms with Crippen LogP contribution in [-0.2, 0) is 0 Å². The van der Waals surface area contributed by atoms with Crippen molar-refractivity contribution < 1.29 is 0 Å². The Hall–Kier alpha value is -2.14. The summed E-state index contributed by atoms with van der Waals surface area (Å²) in [6.07, 6.45) is 1.50. The molecule has 0 amide bonds. The van der Waals surface area contributed by atoms with E-state index in [1.54, 1.807) is 4.52 Å². The highest BCUT2D eigenvalue weighted by Gasteiger charge is 2.12. The third-order valence-corrected chi connectivity index (χ3v) is 3.84. The number of hydrogen-bond acceptors (Lipinski definition) is 4. The maximum Gasteiger partial charge on any atom is 0.254 e. The number of hydrogen-bond donors (Lipinski definition) is 1. The molecule has 0 atom stereocenters. The molecule has 3 rings (SSSR count). The highest BCUT2D eigenvalue weighted by atomic mass is 35.5. The molecule has 1 aromatic carbocycles. The minimum absolute atomic E-state index is 0.579. The summed E-state index contributed by atoms with van der Waals surface area (Å²) in [5.41, 5.74) is 3.90. The summed E-state index contributed by atoms with van der Waals surface area (Å²) >= 11 is 6.16. The first-order valence-electron chi connectivity index (χ1n) is 6.27. The van der Waals surface area contributed by atoms with E-state index in [0.717, 1.165) is 33.3 Å². The van der Waals surface area contributed by atoms with E-state index in [9.17, 15) is 0 Å². The number of aromatic nitrogens is 4. The van der Waals surface area contributed by atoms with Gasteiger partial charge in [0.25, 0.3) is 5.78 Å². The van der Waals surface area contributed by atoms with Gasteiger partial charge in [-0.3, -0.25) is 0 Å². The van der Waals surface area contributed by atoms with E-state index in [1.165, 1.54) is 6.33 Å². The van der Waals surface area contributed by atoms with Gasteiger partial charge in [-0.2, -0.15) is 14.6 Å². The highest BCUT2D eigenvalue weighted by Crippen LogP contribution is 2.28. The molecule has 5 nitrogen and oxygen atoms in total. The van der Waals surface area contributed by atoms with Crippen molar-refractivity contribution in [3.63, 3.8) is 0 Å². The zero-order chi connectivity index (χ0) is 14.3. The van der Waals surface area contributed by atoms with Crippen molar-refractivity contribution in [1.82, 2.24) is 19.6 Å². The van der Waals surface area contributed by atoms with Crippen LogP contribution in [0, 0.1) is 20.8 Å². The molecular weight excluding hydrogens is 274 g/mol. The van der Waals surface area contributed by atoms with E-state index >= 15 is 0 Å². The Bertz CT molecular complexity index is 794. The van der Waals surface area contributed by atoms with Gasteiger partial charge in [0.05, 0.1) is 0 Å². The summed E-state index contributed by atoms with van der Waals surface area (Å²) in [6.45, 7) is 5.94. The molecule has 6 heteroatoms. The third kappa shape index (κ3) is 2.00. The second-order valence-corrected chi connectivity index (χ2v) is 5.09. The molecule has 0 saturated heterocycles. The number of halogens is 1. The van der Waals surface area contributed by atoms with E-state index in [-0.39, 0.29) is 0 Å². The lowest BCUT2D eigenvalue weighted by Crippen LogP contribution is -2.07. The van der Waals surface area contributed by atoms with Gasteiger partial charge in [-0.15, -0.1) is 0 Å². The van der Waals surface area contributed by atoms with E-state index in [2.05, 4.69) is 20.4 Å². The summed E-state index contributed by atoms with van der Waals surface area (Å²) in [5.74, 6) is 1.44. The number of fused-ring (bicyclic) bond motifs is 1. The second kappa shape index (κ2) is 4.76. The standard InChI is InChI=1S/C14H14ClN5/c1-8-10(3)18-14-16-7-17-20(14)13(8)19-12-6-4-5-11(15)9(12)2/h4-7,19H,1-3H3. The number of nitrogens with zero attached hydrogens (tertiary/aromatic N) is 4. The normalized spacial score (nSPS) is 11.0. The Morgan fingerprint density at radius 2 is 1.95 bits per heavy atom. The summed E-state index contributed by atoms with van der Waals surface area (Å²) < 4.78 is 1.70. The van der Waals surface area contributed by atoms with Crippen molar-refractivity contribution >= 4 is 28.9 Å². The van der Waals surface area contributed by atoms with Crippen molar-refractivity contribution in [2.45, 2.75) is 20.8 Å². The lowest BCUT2D eigenvalue weighted by Gasteiger charge is -2.14. The third-order valence-electron chi connectivity index (χ3n) is 3.43. The molecule has 0 unspecified atom stereocenters. The van der Waals surface area contributed by atoms with Crippen LogP contribution in [0.2, 0.25) is 5.02 Å². The van der Waals surface area contributed by atoms with Gasteiger partial charge < -0.3 is 5.32 Å². The zero-order valence-corrected chi connectivity index (χ0v) is 12.2. The van der Waals surface area contributed by atoms with Crippen molar-refractivity contribution in [1.29, 1.82) is 0 Å². The smallest absolute Gasteiger partial charge is 0.254 e. The fourth-order valence-corrected chi connectivity index (χ4v) is 2.23. The molecule has 2 heterocycles. The second-order valence-electron chi connectivity index (χ2n) is 4.68. The van der Waals surface area contributed by atoms with Crippen LogP contribution in [0.25, 0.3) is 5.78 Å². The maximum absolute atomic E-state index is 6.16. The lowest BCUT2D eigenvalue weighted by molar-refractivity contribution is 0.923. The topological polar surface area (TPSA) is 55.1 Å². The van der Waals surface area contributed by atoms with Gasteiger partial charge in [-0.05, 0) is 38.5 Å². The number of nitrogens with one attached hydrogen (secondary N) is 1. The largest absolute Gasteiger partial charge is 0.340 e. The van der Waals surface area contributed by atoms with E-state index in [4.69, 9.17) is 11.6 Å². The van der Waals surface area contributed by atoms with Crippen LogP contribution in [0.4, 0.5) is 11.5 Å². The molecule has 0 aliphatic heterocycles. The van der Waals surface area contributed by atoms with Gasteiger partial charge >= 0.3 is 0 Å². The van der Waals surface area contributed by atoms with Crippen molar-refractivity contribution in [3.8, 4) is 0 Å². The Labute approximate surface area is 121 Å². The number of aryl methyl sites for hydroxylation is 1. The lowest BCUT2D eigenvalue weighted by atomic mass is 10.2. The van der Waals surface area contributed by atoms with Gasteiger partial charge in [-0.25, -0.2) is 4.98 Å². The molecule has 0 bridgehead atoms. The molecule has 102 valence electrons. The zero-order valence-electron chi connectivity index (χ0n) is 11.5. The van der Waals surface area contributed by atoms with Crippen LogP contribution in [0.5, 0.6) is 0 Å². The SMILES string of the molecule is Cc1nc2ncnn2c(Nc2cccc(Cl)c2C)c1C. The summed E-state index contributed by atoms with van der Waals surface area (Å²) in [6, 6.07) is 5.77. The number of rotatable bonds is 2. The first-order valence-corrected chi connectivity index (χ1v) is 6.65. The van der Waals surface area contributed by atoms with Gasteiger partial charge in [0.2, 0.25) is 0 Å². The summed E-state index contributed by atoms with van der Waals surface area (Å²) in [4.78, 5) is 8.54. The van der Waals surface area contributed by atoms with Crippen LogP contribution in [-0.4, -0.2) is 19.6 Å². The minimum atomic E-state index is 0.579. The van der Waals surface area contributed by atoms with Gasteiger partial charge in [0, 0.05) is 22.0 Å². The van der Waals surface area contributed by atoms with Crippen LogP contribution >= 0.6 is 11.6 Å². The minimum Gasteiger partial charge on any atom is -0.340 e. The van der Waals surface area contributed by atoms with Crippen molar-refractivity contribution in [2.75, 3.05) is 5.32 Å². The maximum atomic E-state index is 6.16. The fraction of sp³-hybridized carbons (Fsp3) is 0.214. The Balaban J connectivity index is 2.17. The average molecular weight is 288 g/mol. The number of benzene rings is 1. The van der Waals surface area contributed by atoms with Crippen molar-refractivity contribution in [2.24, 2.45) is 0 Å². The van der Waals surface area contributed by atoms with E-state index in [0.29, 0.717) is 5.78 Å². The molecule has 3 aromatic rings. The fourth-order valence-electron chi connectivity index (χ4n) is 2.05. The molecular formula is C14H14ClN5. The molecule has 2 aromatic heterocycles. The molecule has 0 aliphatic rings. The monoisotopic (exact) mass is 287 g/mol. The van der Waals surface area contributed by atoms with Crippen LogP contribution < -0.4 is 5.32 Å². The molecule has 0 aliphatic carbocycles. The molecule has 0 spiro atoms. The first kappa shape index (κ1) is 12.9.